The second-order valence-electron chi connectivity index (χ2n) is 5.31. The van der Waals surface area contributed by atoms with Gasteiger partial charge in [-0.3, -0.25) is 4.79 Å². The molecular weight excluding hydrogens is 232 g/mol. The van der Waals surface area contributed by atoms with Crippen LogP contribution >= 0.6 is 11.8 Å². The largest absolute Gasteiger partial charge is 0.342 e. The van der Waals surface area contributed by atoms with Gasteiger partial charge in [0.05, 0.1) is 0 Å². The highest BCUT2D eigenvalue weighted by Crippen LogP contribution is 2.27. The molecule has 1 N–H and O–H groups in total. The smallest absolute Gasteiger partial charge is 0.222 e. The van der Waals surface area contributed by atoms with E-state index in [-0.39, 0.29) is 0 Å². The van der Waals surface area contributed by atoms with Crippen molar-refractivity contribution >= 4 is 17.7 Å². The van der Waals surface area contributed by atoms with E-state index < -0.39 is 0 Å². The quantitative estimate of drug-likeness (QED) is 0.829. The van der Waals surface area contributed by atoms with Crippen molar-refractivity contribution in [1.29, 1.82) is 0 Å². The normalized spacial score (nSPS) is 26.4. The summed E-state index contributed by atoms with van der Waals surface area (Å²) in [5.41, 5.74) is 0. The minimum atomic E-state index is 0.403. The van der Waals surface area contributed by atoms with Crippen molar-refractivity contribution in [3.05, 3.63) is 0 Å². The molecule has 1 amide bonds. The molecule has 0 bridgehead atoms. The summed E-state index contributed by atoms with van der Waals surface area (Å²) in [4.78, 5) is 14.2. The van der Waals surface area contributed by atoms with E-state index in [1.54, 1.807) is 0 Å². The van der Waals surface area contributed by atoms with Crippen molar-refractivity contribution in [2.24, 2.45) is 11.8 Å². The summed E-state index contributed by atoms with van der Waals surface area (Å²) < 4.78 is 0. The van der Waals surface area contributed by atoms with Crippen molar-refractivity contribution in [3.8, 4) is 0 Å². The van der Waals surface area contributed by atoms with E-state index in [2.05, 4.69) is 10.2 Å². The van der Waals surface area contributed by atoms with Crippen LogP contribution in [0.1, 0.15) is 25.7 Å². The van der Waals surface area contributed by atoms with Gasteiger partial charge in [-0.1, -0.05) is 0 Å². The molecule has 2 heterocycles. The molecule has 17 heavy (non-hydrogen) atoms. The Labute approximate surface area is 109 Å². The predicted molar refractivity (Wildman–Crippen MR) is 73.3 cm³/mol. The fourth-order valence-corrected chi connectivity index (χ4v) is 4.05. The van der Waals surface area contributed by atoms with E-state index >= 15 is 0 Å². The number of nitrogens with one attached hydrogen (secondary N) is 1. The van der Waals surface area contributed by atoms with Crippen molar-refractivity contribution < 1.29 is 4.79 Å². The maximum Gasteiger partial charge on any atom is 0.222 e. The van der Waals surface area contributed by atoms with Gasteiger partial charge in [0.25, 0.3) is 0 Å². The van der Waals surface area contributed by atoms with Crippen LogP contribution in [0.3, 0.4) is 0 Å². The molecule has 0 aromatic rings. The van der Waals surface area contributed by atoms with Crippen LogP contribution in [-0.2, 0) is 4.79 Å². The van der Waals surface area contributed by atoms with Crippen LogP contribution in [0.5, 0.6) is 0 Å². The van der Waals surface area contributed by atoms with Crippen molar-refractivity contribution in [1.82, 2.24) is 10.2 Å². The number of likely N-dealkylation sites (tertiary alicyclic amines) is 1. The maximum atomic E-state index is 12.2. The highest BCUT2D eigenvalue weighted by Gasteiger charge is 2.27. The molecule has 0 saturated carbocycles. The van der Waals surface area contributed by atoms with E-state index in [1.807, 2.05) is 18.8 Å². The Morgan fingerprint density at radius 2 is 2.06 bits per heavy atom. The highest BCUT2D eigenvalue weighted by atomic mass is 32.2. The number of carbonyl (C=O) groups excluding carboxylic acids is 1. The molecular formula is C13H24N2OS. The molecule has 2 fully saturated rings. The number of nitrogens with zero attached hydrogens (tertiary/aromatic N) is 1. The molecule has 4 heteroatoms. The molecule has 1 atom stereocenters. The summed E-state index contributed by atoms with van der Waals surface area (Å²) in [6, 6.07) is 0. The monoisotopic (exact) mass is 256 g/mol. The Morgan fingerprint density at radius 1 is 1.29 bits per heavy atom. The summed E-state index contributed by atoms with van der Waals surface area (Å²) >= 11 is 2.03. The minimum Gasteiger partial charge on any atom is -0.342 e. The minimum absolute atomic E-state index is 0.403. The van der Waals surface area contributed by atoms with E-state index in [0.717, 1.165) is 26.1 Å². The lowest BCUT2D eigenvalue weighted by Gasteiger charge is -2.24. The molecule has 2 rings (SSSR count). The number of amides is 1. The molecule has 0 spiro atoms. The third-order valence-corrected chi connectivity index (χ3v) is 4.98. The van der Waals surface area contributed by atoms with E-state index in [1.165, 1.54) is 30.8 Å². The number of carbonyl (C=O) groups is 1. The zero-order chi connectivity index (χ0) is 12.1. The van der Waals surface area contributed by atoms with Crippen molar-refractivity contribution in [2.75, 3.05) is 38.2 Å². The Bertz CT molecular complexity index is 254. The Kier molecular flexibility index (Phi) is 5.16. The second kappa shape index (κ2) is 6.64. The summed E-state index contributed by atoms with van der Waals surface area (Å²) in [7, 11) is 1.99. The van der Waals surface area contributed by atoms with Gasteiger partial charge in [-0.25, -0.2) is 0 Å². The number of hydrogen-bond acceptors (Lipinski definition) is 3. The lowest BCUT2D eigenvalue weighted by molar-refractivity contribution is -0.131. The standard InChI is InChI=1S/C13H24N2OS/c1-14-9-12-2-5-15(10-12)13(16)8-11-3-6-17-7-4-11/h11-12,14H,2-10H2,1H3. The van der Waals surface area contributed by atoms with Crippen LogP contribution in [-0.4, -0.2) is 49.0 Å². The number of rotatable bonds is 4. The van der Waals surface area contributed by atoms with Crippen molar-refractivity contribution in [3.63, 3.8) is 0 Å². The first-order valence-corrected chi connectivity index (χ1v) is 7.95. The molecule has 0 aliphatic carbocycles. The zero-order valence-corrected chi connectivity index (χ0v) is 11.6. The van der Waals surface area contributed by atoms with Gasteiger partial charge >= 0.3 is 0 Å². The van der Waals surface area contributed by atoms with E-state index in [0.29, 0.717) is 17.7 Å². The Hall–Kier alpha value is -0.220. The molecule has 1 unspecified atom stereocenters. The van der Waals surface area contributed by atoms with Crippen LogP contribution in [0.15, 0.2) is 0 Å². The Balaban J connectivity index is 1.72. The number of hydrogen-bond donors (Lipinski definition) is 1. The van der Waals surface area contributed by atoms with Crippen LogP contribution in [0.4, 0.5) is 0 Å². The van der Waals surface area contributed by atoms with Gasteiger partial charge in [-0.2, -0.15) is 11.8 Å². The average molecular weight is 256 g/mol. The van der Waals surface area contributed by atoms with Gasteiger partial charge in [0, 0.05) is 19.5 Å². The molecule has 0 radical (unpaired) electrons. The topological polar surface area (TPSA) is 32.3 Å². The first kappa shape index (κ1) is 13.2. The van der Waals surface area contributed by atoms with Crippen LogP contribution < -0.4 is 5.32 Å². The molecule has 3 nitrogen and oxygen atoms in total. The summed E-state index contributed by atoms with van der Waals surface area (Å²) in [6.07, 6.45) is 4.45. The first-order valence-electron chi connectivity index (χ1n) is 6.79. The maximum absolute atomic E-state index is 12.2. The number of thioether (sulfide) groups is 1. The summed E-state index contributed by atoms with van der Waals surface area (Å²) in [5, 5.41) is 3.21. The second-order valence-corrected chi connectivity index (χ2v) is 6.54. The summed E-state index contributed by atoms with van der Waals surface area (Å²) in [6.45, 7) is 3.00. The zero-order valence-electron chi connectivity index (χ0n) is 10.8. The highest BCUT2D eigenvalue weighted by molar-refractivity contribution is 7.99. The lowest BCUT2D eigenvalue weighted by Crippen LogP contribution is -2.32. The van der Waals surface area contributed by atoms with Crippen LogP contribution in [0, 0.1) is 11.8 Å². The van der Waals surface area contributed by atoms with E-state index in [9.17, 15) is 4.79 Å². The third-order valence-electron chi connectivity index (χ3n) is 3.94. The van der Waals surface area contributed by atoms with Gasteiger partial charge in [-0.05, 0) is 56.2 Å². The van der Waals surface area contributed by atoms with Gasteiger partial charge < -0.3 is 10.2 Å². The predicted octanol–water partition coefficient (Wildman–Crippen LogP) is 1.59. The third kappa shape index (κ3) is 3.88. The van der Waals surface area contributed by atoms with E-state index in [4.69, 9.17) is 0 Å². The lowest BCUT2D eigenvalue weighted by atomic mass is 9.98. The molecule has 2 aliphatic heterocycles. The van der Waals surface area contributed by atoms with Gasteiger partial charge in [0.2, 0.25) is 5.91 Å². The Morgan fingerprint density at radius 3 is 2.76 bits per heavy atom. The average Bonchev–Trinajstić information content (AvgIpc) is 2.79. The van der Waals surface area contributed by atoms with Gasteiger partial charge in [0.15, 0.2) is 0 Å². The molecule has 0 aromatic carbocycles. The fraction of sp³-hybridized carbons (Fsp3) is 0.923. The van der Waals surface area contributed by atoms with Crippen molar-refractivity contribution in [2.45, 2.75) is 25.7 Å². The molecule has 2 saturated heterocycles. The van der Waals surface area contributed by atoms with Gasteiger partial charge in [0.1, 0.15) is 0 Å². The fourth-order valence-electron chi connectivity index (χ4n) is 2.84. The van der Waals surface area contributed by atoms with Crippen LogP contribution in [0.25, 0.3) is 0 Å². The van der Waals surface area contributed by atoms with Crippen LogP contribution in [0.2, 0.25) is 0 Å². The first-order chi connectivity index (χ1) is 8.29. The molecule has 98 valence electrons. The summed E-state index contributed by atoms with van der Waals surface area (Å²) in [5.74, 6) is 4.24. The SMILES string of the molecule is CNCC1CCN(C(=O)CC2CCSCC2)C1. The molecule has 2 aliphatic rings. The van der Waals surface area contributed by atoms with Gasteiger partial charge in [-0.15, -0.1) is 0 Å². The molecule has 0 aromatic heterocycles.